The lowest BCUT2D eigenvalue weighted by atomic mass is 10.1. The van der Waals surface area contributed by atoms with Gasteiger partial charge in [-0.3, -0.25) is 9.59 Å². The lowest BCUT2D eigenvalue weighted by Crippen LogP contribution is -2.24. The van der Waals surface area contributed by atoms with E-state index in [-0.39, 0.29) is 12.3 Å². The van der Waals surface area contributed by atoms with Crippen molar-refractivity contribution in [2.75, 3.05) is 6.54 Å². The largest absolute Gasteiger partial charge is 0.481 e. The summed E-state index contributed by atoms with van der Waals surface area (Å²) >= 11 is 0. The highest BCUT2D eigenvalue weighted by Crippen LogP contribution is 2.13. The number of aliphatic carboxylic acids is 1. The number of unbranched alkanes of at least 4 members (excludes halogenated alkanes) is 1. The molecule has 5 heteroatoms. The first-order chi connectivity index (χ1) is 9.16. The third-order valence-corrected chi connectivity index (χ3v) is 2.92. The van der Waals surface area contributed by atoms with Crippen molar-refractivity contribution in [2.24, 2.45) is 0 Å². The van der Waals surface area contributed by atoms with Gasteiger partial charge in [0.25, 0.3) is 5.91 Å². The van der Waals surface area contributed by atoms with Crippen LogP contribution in [0.15, 0.2) is 30.5 Å². The second kappa shape index (κ2) is 6.04. The summed E-state index contributed by atoms with van der Waals surface area (Å²) in [7, 11) is 0. The first-order valence-corrected chi connectivity index (χ1v) is 6.24. The van der Waals surface area contributed by atoms with Crippen LogP contribution in [0.1, 0.15) is 29.6 Å². The minimum atomic E-state index is -0.802. The van der Waals surface area contributed by atoms with Crippen LogP contribution in [0, 0.1) is 0 Å². The van der Waals surface area contributed by atoms with Crippen molar-refractivity contribution in [3.8, 4) is 0 Å². The fraction of sp³-hybridized carbons (Fsp3) is 0.286. The maximum absolute atomic E-state index is 11.9. The number of fused-ring (bicyclic) bond motifs is 1. The number of nitrogens with one attached hydrogen (secondary N) is 2. The van der Waals surface area contributed by atoms with E-state index < -0.39 is 5.97 Å². The fourth-order valence-electron chi connectivity index (χ4n) is 1.89. The van der Waals surface area contributed by atoms with Gasteiger partial charge >= 0.3 is 5.97 Å². The van der Waals surface area contributed by atoms with Gasteiger partial charge in [0.1, 0.15) is 0 Å². The van der Waals surface area contributed by atoms with Crippen molar-refractivity contribution in [3.05, 3.63) is 36.0 Å². The van der Waals surface area contributed by atoms with E-state index in [4.69, 9.17) is 5.11 Å². The number of rotatable bonds is 6. The van der Waals surface area contributed by atoms with Crippen molar-refractivity contribution in [2.45, 2.75) is 19.3 Å². The van der Waals surface area contributed by atoms with Crippen molar-refractivity contribution in [3.63, 3.8) is 0 Å². The zero-order valence-corrected chi connectivity index (χ0v) is 10.5. The van der Waals surface area contributed by atoms with Crippen molar-refractivity contribution in [1.29, 1.82) is 0 Å². The van der Waals surface area contributed by atoms with E-state index in [1.807, 2.05) is 24.4 Å². The lowest BCUT2D eigenvalue weighted by Gasteiger charge is -2.04. The number of aromatic amines is 1. The summed E-state index contributed by atoms with van der Waals surface area (Å²) in [5, 5.41) is 12.3. The van der Waals surface area contributed by atoms with Gasteiger partial charge in [-0.05, 0) is 36.4 Å². The summed E-state index contributed by atoms with van der Waals surface area (Å²) in [5.41, 5.74) is 1.53. The molecule has 0 bridgehead atoms. The monoisotopic (exact) mass is 260 g/mol. The van der Waals surface area contributed by atoms with E-state index in [2.05, 4.69) is 10.3 Å². The molecule has 0 aliphatic carbocycles. The first kappa shape index (κ1) is 13.1. The van der Waals surface area contributed by atoms with E-state index >= 15 is 0 Å². The van der Waals surface area contributed by atoms with Crippen LogP contribution in [0.5, 0.6) is 0 Å². The number of H-pyrrole nitrogens is 1. The van der Waals surface area contributed by atoms with Crippen LogP contribution >= 0.6 is 0 Å². The summed E-state index contributed by atoms with van der Waals surface area (Å²) in [6, 6.07) is 7.43. The smallest absolute Gasteiger partial charge is 0.303 e. The number of carboxylic acid groups (broad SMARTS) is 1. The van der Waals surface area contributed by atoms with E-state index in [0.29, 0.717) is 24.9 Å². The molecule has 1 heterocycles. The predicted octanol–water partition coefficient (Wildman–Crippen LogP) is 2.15. The van der Waals surface area contributed by atoms with E-state index in [0.717, 1.165) is 10.9 Å². The molecular weight excluding hydrogens is 244 g/mol. The Hall–Kier alpha value is -2.30. The molecule has 19 heavy (non-hydrogen) atoms. The van der Waals surface area contributed by atoms with Gasteiger partial charge in [0.05, 0.1) is 0 Å². The molecular formula is C14H16N2O3. The number of benzene rings is 1. The zero-order chi connectivity index (χ0) is 13.7. The molecule has 5 nitrogen and oxygen atoms in total. The van der Waals surface area contributed by atoms with E-state index in [1.54, 1.807) is 6.07 Å². The summed E-state index contributed by atoms with van der Waals surface area (Å²) in [5.74, 6) is -0.935. The lowest BCUT2D eigenvalue weighted by molar-refractivity contribution is -0.137. The molecule has 0 atom stereocenters. The highest BCUT2D eigenvalue weighted by atomic mass is 16.4. The molecule has 2 rings (SSSR count). The average molecular weight is 260 g/mol. The van der Waals surface area contributed by atoms with Crippen LogP contribution in [0.25, 0.3) is 10.9 Å². The fourth-order valence-corrected chi connectivity index (χ4v) is 1.89. The van der Waals surface area contributed by atoms with Gasteiger partial charge in [0, 0.05) is 30.2 Å². The SMILES string of the molecule is O=C(O)CCCCNC(=O)c1ccc2cc[nH]c2c1. The Morgan fingerprint density at radius 1 is 1.21 bits per heavy atom. The zero-order valence-electron chi connectivity index (χ0n) is 10.5. The standard InChI is InChI=1S/C14H16N2O3/c17-13(18)3-1-2-7-16-14(19)11-5-4-10-6-8-15-12(10)9-11/h4-6,8-9,15H,1-3,7H2,(H,16,19)(H,17,18). The minimum absolute atomic E-state index is 0.133. The molecule has 0 unspecified atom stereocenters. The normalized spacial score (nSPS) is 10.5. The van der Waals surface area contributed by atoms with Gasteiger partial charge in [0.15, 0.2) is 0 Å². The van der Waals surface area contributed by atoms with Crippen molar-refractivity contribution in [1.82, 2.24) is 10.3 Å². The molecule has 0 saturated carbocycles. The summed E-state index contributed by atoms with van der Waals surface area (Å²) < 4.78 is 0. The molecule has 100 valence electrons. The van der Waals surface area contributed by atoms with Crippen LogP contribution in [0.3, 0.4) is 0 Å². The average Bonchev–Trinajstić information content (AvgIpc) is 2.84. The van der Waals surface area contributed by atoms with Crippen LogP contribution in [-0.4, -0.2) is 28.5 Å². The molecule has 1 aromatic carbocycles. The van der Waals surface area contributed by atoms with Crippen molar-refractivity contribution < 1.29 is 14.7 Å². The van der Waals surface area contributed by atoms with Gasteiger partial charge in [-0.2, -0.15) is 0 Å². The number of carbonyl (C=O) groups is 2. The molecule has 0 aliphatic heterocycles. The van der Waals surface area contributed by atoms with Gasteiger partial charge in [-0.25, -0.2) is 0 Å². The molecule has 0 aliphatic rings. The maximum Gasteiger partial charge on any atom is 0.303 e. The predicted molar refractivity (Wildman–Crippen MR) is 72.1 cm³/mol. The van der Waals surface area contributed by atoms with Gasteiger partial charge in [0.2, 0.25) is 0 Å². The number of carboxylic acids is 1. The second-order valence-corrected chi connectivity index (χ2v) is 4.39. The Kier molecular flexibility index (Phi) is 4.18. The molecule has 1 amide bonds. The summed E-state index contributed by atoms with van der Waals surface area (Å²) in [6.45, 7) is 0.495. The van der Waals surface area contributed by atoms with Crippen LogP contribution in [-0.2, 0) is 4.79 Å². The minimum Gasteiger partial charge on any atom is -0.481 e. The summed E-state index contributed by atoms with van der Waals surface area (Å²) in [6.07, 6.45) is 3.22. The number of amides is 1. The second-order valence-electron chi connectivity index (χ2n) is 4.39. The van der Waals surface area contributed by atoms with E-state index in [9.17, 15) is 9.59 Å². The summed E-state index contributed by atoms with van der Waals surface area (Å²) in [4.78, 5) is 25.3. The maximum atomic E-state index is 11.9. The van der Waals surface area contributed by atoms with Crippen LogP contribution in [0.2, 0.25) is 0 Å². The molecule has 0 fully saturated rings. The van der Waals surface area contributed by atoms with Crippen molar-refractivity contribution >= 4 is 22.8 Å². The molecule has 0 radical (unpaired) electrons. The molecule has 0 saturated heterocycles. The molecule has 0 spiro atoms. The molecule has 3 N–H and O–H groups in total. The number of aromatic nitrogens is 1. The molecule has 1 aromatic heterocycles. The van der Waals surface area contributed by atoms with Gasteiger partial charge < -0.3 is 15.4 Å². The Balaban J connectivity index is 1.84. The van der Waals surface area contributed by atoms with Gasteiger partial charge in [-0.1, -0.05) is 6.07 Å². The Bertz CT molecular complexity index is 589. The quantitative estimate of drug-likeness (QED) is 0.696. The number of hydrogen-bond donors (Lipinski definition) is 3. The van der Waals surface area contributed by atoms with Crippen LogP contribution < -0.4 is 5.32 Å². The molecule has 2 aromatic rings. The topological polar surface area (TPSA) is 82.2 Å². The number of carbonyl (C=O) groups excluding carboxylic acids is 1. The Morgan fingerprint density at radius 2 is 2.05 bits per heavy atom. The Morgan fingerprint density at radius 3 is 2.84 bits per heavy atom. The third kappa shape index (κ3) is 3.58. The highest BCUT2D eigenvalue weighted by molar-refractivity contribution is 5.97. The van der Waals surface area contributed by atoms with Crippen LogP contribution in [0.4, 0.5) is 0 Å². The Labute approximate surface area is 110 Å². The first-order valence-electron chi connectivity index (χ1n) is 6.24. The third-order valence-electron chi connectivity index (χ3n) is 2.92. The van der Waals surface area contributed by atoms with Gasteiger partial charge in [-0.15, -0.1) is 0 Å². The number of hydrogen-bond acceptors (Lipinski definition) is 2. The van der Waals surface area contributed by atoms with E-state index in [1.165, 1.54) is 0 Å². The highest BCUT2D eigenvalue weighted by Gasteiger charge is 2.06.